The third kappa shape index (κ3) is 2.77. The molecule has 0 saturated carbocycles. The van der Waals surface area contributed by atoms with Crippen LogP contribution in [-0.2, 0) is 11.2 Å². The number of hydrogen-bond acceptors (Lipinski definition) is 5. The van der Waals surface area contributed by atoms with Crippen molar-refractivity contribution in [3.8, 4) is 5.75 Å². The highest BCUT2D eigenvalue weighted by molar-refractivity contribution is 5.95. The molecule has 8 heteroatoms. The monoisotopic (exact) mass is 355 g/mol. The van der Waals surface area contributed by atoms with E-state index in [9.17, 15) is 9.18 Å². The number of carbonyl (C=O) groups is 1. The number of rotatable bonds is 3. The van der Waals surface area contributed by atoms with Crippen molar-refractivity contribution in [1.29, 1.82) is 0 Å². The van der Waals surface area contributed by atoms with Gasteiger partial charge in [0, 0.05) is 23.9 Å². The molecule has 134 valence electrons. The van der Waals surface area contributed by atoms with Gasteiger partial charge in [-0.2, -0.15) is 10.1 Å². The van der Waals surface area contributed by atoms with E-state index >= 15 is 0 Å². The molecule has 1 aliphatic heterocycles. The topological polar surface area (TPSA) is 72.6 Å². The quantitative estimate of drug-likeness (QED) is 0.720. The Kier molecular flexibility index (Phi) is 4.02. The number of amides is 1. The molecule has 2 aromatic heterocycles. The first-order valence-electron chi connectivity index (χ1n) is 8.43. The van der Waals surface area contributed by atoms with Crippen molar-refractivity contribution in [2.45, 2.75) is 26.7 Å². The molecule has 1 aliphatic rings. The maximum atomic E-state index is 13.4. The number of aryl methyl sites for hydroxylation is 2. The Hall–Kier alpha value is -3.03. The van der Waals surface area contributed by atoms with E-state index < -0.39 is 0 Å². The van der Waals surface area contributed by atoms with Gasteiger partial charge in [-0.3, -0.25) is 4.79 Å². The fourth-order valence-corrected chi connectivity index (χ4v) is 3.34. The largest absolute Gasteiger partial charge is 0.489 e. The maximum absolute atomic E-state index is 13.4. The second kappa shape index (κ2) is 6.36. The Morgan fingerprint density at radius 3 is 3.04 bits per heavy atom. The van der Waals surface area contributed by atoms with Gasteiger partial charge in [0.05, 0.1) is 12.2 Å². The van der Waals surface area contributed by atoms with Crippen LogP contribution in [0, 0.1) is 19.7 Å². The van der Waals surface area contributed by atoms with E-state index in [4.69, 9.17) is 4.74 Å². The molecular weight excluding hydrogens is 337 g/mol. The standard InChI is InChI=1S/C18H18FN5O2/c1-11-14(12(2)24-18(22-11)20-10-21-24)4-6-17(25)23-7-8-26-16-9-13(19)3-5-15(16)23/h3,5,9-10H,4,6-8H2,1-2H3. The zero-order chi connectivity index (χ0) is 18.3. The van der Waals surface area contributed by atoms with Crippen LogP contribution < -0.4 is 9.64 Å². The number of nitrogens with zero attached hydrogens (tertiary/aromatic N) is 5. The first-order chi connectivity index (χ1) is 12.5. The minimum atomic E-state index is -0.378. The van der Waals surface area contributed by atoms with Gasteiger partial charge in [-0.15, -0.1) is 0 Å². The van der Waals surface area contributed by atoms with Crippen LogP contribution >= 0.6 is 0 Å². The van der Waals surface area contributed by atoms with Crippen LogP contribution in [0.25, 0.3) is 5.78 Å². The molecular formula is C18H18FN5O2. The Morgan fingerprint density at radius 2 is 2.19 bits per heavy atom. The number of ether oxygens (including phenoxy) is 1. The van der Waals surface area contributed by atoms with E-state index in [1.165, 1.54) is 18.5 Å². The average molecular weight is 355 g/mol. The number of aromatic nitrogens is 4. The molecule has 0 spiro atoms. The van der Waals surface area contributed by atoms with E-state index in [-0.39, 0.29) is 11.7 Å². The first kappa shape index (κ1) is 16.4. The number of fused-ring (bicyclic) bond motifs is 2. The van der Waals surface area contributed by atoms with Crippen LogP contribution in [0.1, 0.15) is 23.4 Å². The Balaban J connectivity index is 1.55. The highest BCUT2D eigenvalue weighted by Gasteiger charge is 2.24. The van der Waals surface area contributed by atoms with Crippen LogP contribution in [0.5, 0.6) is 5.75 Å². The minimum absolute atomic E-state index is 0.0290. The third-order valence-corrected chi connectivity index (χ3v) is 4.66. The molecule has 0 atom stereocenters. The fourth-order valence-electron chi connectivity index (χ4n) is 3.34. The lowest BCUT2D eigenvalue weighted by Gasteiger charge is -2.29. The molecule has 1 aromatic carbocycles. The summed E-state index contributed by atoms with van der Waals surface area (Å²) in [5.41, 5.74) is 3.38. The summed E-state index contributed by atoms with van der Waals surface area (Å²) >= 11 is 0. The van der Waals surface area contributed by atoms with E-state index in [1.54, 1.807) is 15.5 Å². The number of benzene rings is 1. The summed E-state index contributed by atoms with van der Waals surface area (Å²) in [4.78, 5) is 23.0. The van der Waals surface area contributed by atoms with Crippen molar-refractivity contribution in [1.82, 2.24) is 19.6 Å². The van der Waals surface area contributed by atoms with E-state index in [2.05, 4.69) is 15.1 Å². The number of carbonyl (C=O) groups excluding carboxylic acids is 1. The highest BCUT2D eigenvalue weighted by Crippen LogP contribution is 2.32. The van der Waals surface area contributed by atoms with Crippen molar-refractivity contribution < 1.29 is 13.9 Å². The van der Waals surface area contributed by atoms with Crippen LogP contribution in [0.2, 0.25) is 0 Å². The number of hydrogen-bond donors (Lipinski definition) is 0. The Bertz CT molecular complexity index is 1000. The van der Waals surface area contributed by atoms with E-state index in [0.717, 1.165) is 17.0 Å². The molecule has 3 heterocycles. The first-order valence-corrected chi connectivity index (χ1v) is 8.43. The fraction of sp³-hybridized carbons (Fsp3) is 0.333. The number of halogens is 1. The Labute approximate surface area is 149 Å². The normalized spacial score (nSPS) is 13.6. The van der Waals surface area contributed by atoms with Gasteiger partial charge in [0.1, 0.15) is 24.5 Å². The number of anilines is 1. The zero-order valence-electron chi connectivity index (χ0n) is 14.6. The third-order valence-electron chi connectivity index (χ3n) is 4.66. The summed E-state index contributed by atoms with van der Waals surface area (Å²) in [6.07, 6.45) is 2.33. The highest BCUT2D eigenvalue weighted by atomic mass is 19.1. The molecule has 4 rings (SSSR count). The molecule has 0 aliphatic carbocycles. The van der Waals surface area contributed by atoms with E-state index in [1.807, 2.05) is 13.8 Å². The lowest BCUT2D eigenvalue weighted by atomic mass is 10.1. The molecule has 0 saturated heterocycles. The zero-order valence-corrected chi connectivity index (χ0v) is 14.6. The smallest absolute Gasteiger partial charge is 0.252 e. The predicted octanol–water partition coefficient (Wildman–Crippen LogP) is 2.24. The van der Waals surface area contributed by atoms with Crippen LogP contribution in [0.3, 0.4) is 0 Å². The molecule has 0 radical (unpaired) electrons. The SMILES string of the molecule is Cc1nc2ncnn2c(C)c1CCC(=O)N1CCOc2cc(F)ccc21. The van der Waals surface area contributed by atoms with Crippen LogP contribution in [0.15, 0.2) is 24.5 Å². The molecule has 0 bridgehead atoms. The molecule has 0 unspecified atom stereocenters. The lowest BCUT2D eigenvalue weighted by molar-refractivity contribution is -0.118. The minimum Gasteiger partial charge on any atom is -0.489 e. The summed E-state index contributed by atoms with van der Waals surface area (Å²) in [5.74, 6) is 0.553. The van der Waals surface area contributed by atoms with Gasteiger partial charge in [-0.25, -0.2) is 13.9 Å². The maximum Gasteiger partial charge on any atom is 0.252 e. The summed E-state index contributed by atoms with van der Waals surface area (Å²) in [6, 6.07) is 4.23. The summed E-state index contributed by atoms with van der Waals surface area (Å²) in [7, 11) is 0. The van der Waals surface area contributed by atoms with Gasteiger partial charge >= 0.3 is 0 Å². The Morgan fingerprint density at radius 1 is 1.35 bits per heavy atom. The van der Waals surface area contributed by atoms with Crippen molar-refractivity contribution in [2.24, 2.45) is 0 Å². The van der Waals surface area contributed by atoms with Crippen LogP contribution in [-0.4, -0.2) is 38.6 Å². The van der Waals surface area contributed by atoms with E-state index in [0.29, 0.717) is 43.2 Å². The summed E-state index contributed by atoms with van der Waals surface area (Å²) < 4.78 is 20.5. The van der Waals surface area contributed by atoms with Crippen molar-refractivity contribution in [3.05, 3.63) is 47.3 Å². The lowest BCUT2D eigenvalue weighted by Crippen LogP contribution is -2.38. The predicted molar refractivity (Wildman–Crippen MR) is 92.8 cm³/mol. The van der Waals surface area contributed by atoms with Crippen molar-refractivity contribution in [3.63, 3.8) is 0 Å². The van der Waals surface area contributed by atoms with Crippen molar-refractivity contribution >= 4 is 17.4 Å². The molecule has 7 nitrogen and oxygen atoms in total. The van der Waals surface area contributed by atoms with Gasteiger partial charge in [-0.1, -0.05) is 0 Å². The molecule has 26 heavy (non-hydrogen) atoms. The van der Waals surface area contributed by atoms with Gasteiger partial charge in [0.25, 0.3) is 5.78 Å². The summed E-state index contributed by atoms with van der Waals surface area (Å²) in [5, 5.41) is 4.17. The molecule has 0 fully saturated rings. The molecule has 1 amide bonds. The van der Waals surface area contributed by atoms with Gasteiger partial charge in [0.15, 0.2) is 0 Å². The second-order valence-corrected chi connectivity index (χ2v) is 6.24. The van der Waals surface area contributed by atoms with Gasteiger partial charge in [0.2, 0.25) is 5.91 Å². The second-order valence-electron chi connectivity index (χ2n) is 6.24. The summed E-state index contributed by atoms with van der Waals surface area (Å²) in [6.45, 7) is 4.67. The van der Waals surface area contributed by atoms with Crippen LogP contribution in [0.4, 0.5) is 10.1 Å². The van der Waals surface area contributed by atoms with Crippen molar-refractivity contribution in [2.75, 3.05) is 18.1 Å². The molecule has 0 N–H and O–H groups in total. The van der Waals surface area contributed by atoms with Gasteiger partial charge in [-0.05, 0) is 38.0 Å². The van der Waals surface area contributed by atoms with Gasteiger partial charge < -0.3 is 9.64 Å². The molecule has 3 aromatic rings. The average Bonchev–Trinajstić information content (AvgIpc) is 3.09.